The fourth-order valence-electron chi connectivity index (χ4n) is 3.73. The molecule has 2 aliphatic heterocycles. The molecule has 2 saturated heterocycles. The summed E-state index contributed by atoms with van der Waals surface area (Å²) in [5.41, 5.74) is 1.71. The van der Waals surface area contributed by atoms with Gasteiger partial charge in [-0.05, 0) is 43.8 Å². The summed E-state index contributed by atoms with van der Waals surface area (Å²) in [5, 5.41) is 0. The molecule has 0 spiro atoms. The van der Waals surface area contributed by atoms with Gasteiger partial charge in [0.15, 0.2) is 0 Å². The molecule has 26 heavy (non-hydrogen) atoms. The standard InChI is InChI=1S/C21H24N2O3/c1-15-6-5-7-16(12-15)26-19-9-4-3-8-17(19)21(24)23-13-18-20(14-23)25-11-10-22(18)2/h3-9,12,18,20H,10-11,13-14H2,1-2H3/t18-,20+/m0/s1. The third-order valence-electron chi connectivity index (χ3n) is 5.20. The number of fused-ring (bicyclic) bond motifs is 1. The molecule has 2 atom stereocenters. The maximum atomic E-state index is 13.1. The van der Waals surface area contributed by atoms with E-state index in [1.165, 1.54) is 0 Å². The van der Waals surface area contributed by atoms with Crippen LogP contribution >= 0.6 is 0 Å². The van der Waals surface area contributed by atoms with Crippen LogP contribution in [0.2, 0.25) is 0 Å². The number of ether oxygens (including phenoxy) is 2. The van der Waals surface area contributed by atoms with Crippen LogP contribution in [0.1, 0.15) is 15.9 Å². The van der Waals surface area contributed by atoms with Gasteiger partial charge in [0.1, 0.15) is 11.5 Å². The predicted octanol–water partition coefficient (Wildman–Crippen LogP) is 2.94. The Morgan fingerprint density at radius 1 is 1.15 bits per heavy atom. The van der Waals surface area contributed by atoms with Crippen molar-refractivity contribution in [1.29, 1.82) is 0 Å². The van der Waals surface area contributed by atoms with Gasteiger partial charge in [-0.3, -0.25) is 9.69 Å². The lowest BCUT2D eigenvalue weighted by molar-refractivity contribution is -0.0368. The highest BCUT2D eigenvalue weighted by atomic mass is 16.5. The molecule has 136 valence electrons. The van der Waals surface area contributed by atoms with E-state index in [2.05, 4.69) is 11.9 Å². The molecule has 0 N–H and O–H groups in total. The molecule has 0 bridgehead atoms. The minimum absolute atomic E-state index is 0.000321. The molecule has 0 unspecified atom stereocenters. The summed E-state index contributed by atoms with van der Waals surface area (Å²) in [4.78, 5) is 17.3. The monoisotopic (exact) mass is 352 g/mol. The van der Waals surface area contributed by atoms with Gasteiger partial charge in [-0.15, -0.1) is 0 Å². The van der Waals surface area contributed by atoms with Crippen molar-refractivity contribution in [2.45, 2.75) is 19.1 Å². The first-order valence-electron chi connectivity index (χ1n) is 9.06. The topological polar surface area (TPSA) is 42.0 Å². The highest BCUT2D eigenvalue weighted by molar-refractivity contribution is 5.97. The SMILES string of the molecule is Cc1cccc(Oc2ccccc2C(=O)N2C[C@H]3OCCN(C)[C@H]3C2)c1. The van der Waals surface area contributed by atoms with Crippen molar-refractivity contribution in [2.24, 2.45) is 0 Å². The Bertz CT molecular complexity index is 807. The second-order valence-corrected chi connectivity index (χ2v) is 7.08. The lowest BCUT2D eigenvalue weighted by Gasteiger charge is -2.33. The summed E-state index contributed by atoms with van der Waals surface area (Å²) >= 11 is 0. The molecule has 2 aliphatic rings. The van der Waals surface area contributed by atoms with Crippen LogP contribution in [0.4, 0.5) is 0 Å². The van der Waals surface area contributed by atoms with Crippen molar-refractivity contribution in [1.82, 2.24) is 9.80 Å². The number of aryl methyl sites for hydroxylation is 1. The Kier molecular flexibility index (Phi) is 4.66. The summed E-state index contributed by atoms with van der Waals surface area (Å²) < 4.78 is 11.9. The van der Waals surface area contributed by atoms with Crippen molar-refractivity contribution in [2.75, 3.05) is 33.3 Å². The number of morpholine rings is 1. The number of amides is 1. The number of benzene rings is 2. The number of hydrogen-bond donors (Lipinski definition) is 0. The number of likely N-dealkylation sites (tertiary alicyclic amines) is 1. The third kappa shape index (κ3) is 3.32. The van der Waals surface area contributed by atoms with Crippen LogP contribution in [-0.2, 0) is 4.74 Å². The maximum absolute atomic E-state index is 13.1. The Hall–Kier alpha value is -2.37. The number of likely N-dealkylation sites (N-methyl/N-ethyl adjacent to an activating group) is 1. The molecule has 0 aliphatic carbocycles. The predicted molar refractivity (Wildman–Crippen MR) is 99.8 cm³/mol. The second-order valence-electron chi connectivity index (χ2n) is 7.08. The fraction of sp³-hybridized carbons (Fsp3) is 0.381. The zero-order valence-electron chi connectivity index (χ0n) is 15.2. The van der Waals surface area contributed by atoms with Crippen molar-refractivity contribution in [3.8, 4) is 11.5 Å². The lowest BCUT2D eigenvalue weighted by Crippen LogP contribution is -2.48. The van der Waals surface area contributed by atoms with Crippen molar-refractivity contribution < 1.29 is 14.3 Å². The van der Waals surface area contributed by atoms with E-state index < -0.39 is 0 Å². The highest BCUT2D eigenvalue weighted by Crippen LogP contribution is 2.29. The number of carbonyl (C=O) groups excluding carboxylic acids is 1. The molecular weight excluding hydrogens is 328 g/mol. The van der Waals surface area contributed by atoms with Crippen molar-refractivity contribution in [3.05, 3.63) is 59.7 Å². The Morgan fingerprint density at radius 3 is 2.81 bits per heavy atom. The molecule has 2 heterocycles. The van der Waals surface area contributed by atoms with Crippen LogP contribution in [0.5, 0.6) is 11.5 Å². The molecule has 5 heteroatoms. The van der Waals surface area contributed by atoms with Crippen molar-refractivity contribution in [3.63, 3.8) is 0 Å². The molecular formula is C21H24N2O3. The van der Waals surface area contributed by atoms with E-state index in [9.17, 15) is 4.79 Å². The van der Waals surface area contributed by atoms with Gasteiger partial charge < -0.3 is 14.4 Å². The van der Waals surface area contributed by atoms with Gasteiger partial charge in [-0.1, -0.05) is 24.3 Å². The normalized spacial score (nSPS) is 22.9. The van der Waals surface area contributed by atoms with Crippen LogP contribution in [0, 0.1) is 6.92 Å². The maximum Gasteiger partial charge on any atom is 0.257 e. The first kappa shape index (κ1) is 17.1. The second kappa shape index (κ2) is 7.09. The Balaban J connectivity index is 1.55. The highest BCUT2D eigenvalue weighted by Gasteiger charge is 2.41. The van der Waals surface area contributed by atoms with Crippen LogP contribution in [0.3, 0.4) is 0 Å². The summed E-state index contributed by atoms with van der Waals surface area (Å²) in [6.45, 7) is 4.99. The van der Waals surface area contributed by atoms with Gasteiger partial charge in [-0.2, -0.15) is 0 Å². The number of para-hydroxylation sites is 1. The van der Waals surface area contributed by atoms with E-state index in [4.69, 9.17) is 9.47 Å². The summed E-state index contributed by atoms with van der Waals surface area (Å²) in [5.74, 6) is 1.33. The van der Waals surface area contributed by atoms with E-state index in [0.717, 1.165) is 24.5 Å². The van der Waals surface area contributed by atoms with Gasteiger partial charge in [0.25, 0.3) is 5.91 Å². The van der Waals surface area contributed by atoms with Crippen molar-refractivity contribution >= 4 is 5.91 Å². The number of rotatable bonds is 3. The first-order valence-corrected chi connectivity index (χ1v) is 9.06. The van der Waals surface area contributed by atoms with Crippen LogP contribution in [-0.4, -0.2) is 61.1 Å². The van der Waals surface area contributed by atoms with Crippen LogP contribution in [0.15, 0.2) is 48.5 Å². The van der Waals surface area contributed by atoms with Gasteiger partial charge >= 0.3 is 0 Å². The molecule has 4 rings (SSSR count). The Morgan fingerprint density at radius 2 is 2.00 bits per heavy atom. The van der Waals surface area contributed by atoms with Crippen LogP contribution in [0.25, 0.3) is 0 Å². The molecule has 0 radical (unpaired) electrons. The van der Waals surface area contributed by atoms with Gasteiger partial charge in [0.05, 0.1) is 24.3 Å². The molecule has 2 fully saturated rings. The van der Waals surface area contributed by atoms with Crippen LogP contribution < -0.4 is 4.74 Å². The van der Waals surface area contributed by atoms with Gasteiger partial charge in [0.2, 0.25) is 0 Å². The number of hydrogen-bond acceptors (Lipinski definition) is 4. The Labute approximate surface area is 154 Å². The van der Waals surface area contributed by atoms with E-state index in [0.29, 0.717) is 24.4 Å². The van der Waals surface area contributed by atoms with Gasteiger partial charge in [0, 0.05) is 19.6 Å². The molecule has 0 aromatic heterocycles. The zero-order chi connectivity index (χ0) is 18.1. The molecule has 2 aromatic rings. The van der Waals surface area contributed by atoms with E-state index in [1.807, 2.05) is 60.4 Å². The zero-order valence-corrected chi connectivity index (χ0v) is 15.2. The largest absolute Gasteiger partial charge is 0.457 e. The quantitative estimate of drug-likeness (QED) is 0.852. The summed E-state index contributed by atoms with van der Waals surface area (Å²) in [6, 6.07) is 15.6. The first-order chi connectivity index (χ1) is 12.6. The minimum atomic E-state index is -0.000321. The van der Waals surface area contributed by atoms with Gasteiger partial charge in [-0.25, -0.2) is 0 Å². The summed E-state index contributed by atoms with van der Waals surface area (Å²) in [7, 11) is 2.10. The third-order valence-corrected chi connectivity index (χ3v) is 5.20. The number of nitrogens with zero attached hydrogens (tertiary/aromatic N) is 2. The number of carbonyl (C=O) groups is 1. The average Bonchev–Trinajstić information content (AvgIpc) is 3.07. The molecule has 1 amide bonds. The molecule has 0 saturated carbocycles. The smallest absolute Gasteiger partial charge is 0.257 e. The molecule has 5 nitrogen and oxygen atoms in total. The molecule has 2 aromatic carbocycles. The van der Waals surface area contributed by atoms with E-state index in [-0.39, 0.29) is 18.1 Å². The average molecular weight is 352 g/mol. The fourth-order valence-corrected chi connectivity index (χ4v) is 3.73. The lowest BCUT2D eigenvalue weighted by atomic mass is 10.1. The van der Waals surface area contributed by atoms with E-state index in [1.54, 1.807) is 0 Å². The summed E-state index contributed by atoms with van der Waals surface area (Å²) in [6.07, 6.45) is 0.0996. The van der Waals surface area contributed by atoms with E-state index >= 15 is 0 Å². The minimum Gasteiger partial charge on any atom is -0.457 e.